The Hall–Kier alpha value is -0.540. The molecule has 1 aliphatic carbocycles. The smallest absolute Gasteiger partial charge is 0.0513 e. The predicted octanol–water partition coefficient (Wildman–Crippen LogP) is 4.18. The summed E-state index contributed by atoms with van der Waals surface area (Å²) in [5.74, 6) is 0.702. The van der Waals surface area contributed by atoms with Crippen molar-refractivity contribution < 1.29 is 0 Å². The van der Waals surface area contributed by atoms with E-state index in [1.807, 2.05) is 0 Å². The van der Waals surface area contributed by atoms with Gasteiger partial charge in [0.25, 0.3) is 0 Å². The van der Waals surface area contributed by atoms with E-state index in [9.17, 15) is 0 Å². The Kier molecular flexibility index (Phi) is 5.28. The number of nitrogens with one attached hydrogen (secondary N) is 1. The highest BCUT2D eigenvalue weighted by Gasteiger charge is 2.28. The quantitative estimate of drug-likeness (QED) is 0.809. The van der Waals surface area contributed by atoms with Gasteiger partial charge in [0.15, 0.2) is 0 Å². The van der Waals surface area contributed by atoms with Crippen LogP contribution in [0.5, 0.6) is 0 Å². The molecule has 0 spiro atoms. The number of hydrogen-bond donors (Lipinski definition) is 1. The fourth-order valence-corrected chi connectivity index (χ4v) is 3.06. The van der Waals surface area contributed by atoms with E-state index in [-0.39, 0.29) is 0 Å². The zero-order valence-corrected chi connectivity index (χ0v) is 13.8. The second-order valence-electron chi connectivity index (χ2n) is 5.83. The van der Waals surface area contributed by atoms with E-state index >= 15 is 0 Å². The van der Waals surface area contributed by atoms with E-state index in [1.165, 1.54) is 28.6 Å². The summed E-state index contributed by atoms with van der Waals surface area (Å²) in [6.45, 7) is 9.83. The minimum absolute atomic E-state index is 0.702. The van der Waals surface area contributed by atoms with Gasteiger partial charge in [-0.1, -0.05) is 19.9 Å². The Bertz CT molecular complexity index is 413. The lowest BCUT2D eigenvalue weighted by atomic mass is 10.1. The van der Waals surface area contributed by atoms with Crippen molar-refractivity contribution in [2.45, 2.75) is 46.2 Å². The normalized spacial score (nSPS) is 15.0. The molecule has 0 unspecified atom stereocenters. The van der Waals surface area contributed by atoms with Crippen LogP contribution in [0.1, 0.15) is 39.2 Å². The van der Waals surface area contributed by atoms with Crippen LogP contribution in [0.3, 0.4) is 0 Å². The fourth-order valence-electron chi connectivity index (χ4n) is 2.41. The Balaban J connectivity index is 1.99. The zero-order valence-electron chi connectivity index (χ0n) is 12.2. The van der Waals surface area contributed by atoms with Crippen LogP contribution in [0.4, 0.5) is 5.69 Å². The Labute approximate surface area is 125 Å². The van der Waals surface area contributed by atoms with Crippen molar-refractivity contribution in [2.75, 3.05) is 18.0 Å². The molecule has 106 valence electrons. The number of nitrogens with zero attached hydrogens (tertiary/aromatic N) is 1. The number of anilines is 1. The zero-order chi connectivity index (χ0) is 13.8. The molecular weight excluding hydrogens is 300 g/mol. The van der Waals surface area contributed by atoms with E-state index in [4.69, 9.17) is 0 Å². The SMILES string of the molecule is CCN(c1ccc(CNCC(C)C)cc1Br)C1CC1. The van der Waals surface area contributed by atoms with Crippen molar-refractivity contribution in [2.24, 2.45) is 5.92 Å². The number of hydrogen-bond acceptors (Lipinski definition) is 2. The first-order valence-corrected chi connectivity index (χ1v) is 8.17. The van der Waals surface area contributed by atoms with E-state index in [2.05, 4.69) is 65.1 Å². The second kappa shape index (κ2) is 6.76. The van der Waals surface area contributed by atoms with Gasteiger partial charge in [-0.05, 0) is 65.9 Å². The molecule has 0 saturated heterocycles. The average molecular weight is 325 g/mol. The Morgan fingerprint density at radius 1 is 1.37 bits per heavy atom. The summed E-state index contributed by atoms with van der Waals surface area (Å²) < 4.78 is 1.23. The molecule has 0 radical (unpaired) electrons. The van der Waals surface area contributed by atoms with Gasteiger partial charge in [-0.15, -0.1) is 0 Å². The van der Waals surface area contributed by atoms with Crippen LogP contribution in [0.2, 0.25) is 0 Å². The molecule has 1 aromatic rings. The molecule has 0 heterocycles. The third-order valence-electron chi connectivity index (χ3n) is 3.53. The Morgan fingerprint density at radius 2 is 2.11 bits per heavy atom. The molecular formula is C16H25BrN2. The lowest BCUT2D eigenvalue weighted by Crippen LogP contribution is -2.25. The minimum Gasteiger partial charge on any atom is -0.368 e. The molecule has 19 heavy (non-hydrogen) atoms. The van der Waals surface area contributed by atoms with Gasteiger partial charge in [-0.2, -0.15) is 0 Å². The van der Waals surface area contributed by atoms with Gasteiger partial charge in [0.05, 0.1) is 5.69 Å². The standard InChI is InChI=1S/C16H25BrN2/c1-4-19(14-6-7-14)16-8-5-13(9-15(16)17)11-18-10-12(2)3/h5,8-9,12,14,18H,4,6-7,10-11H2,1-3H3. The number of rotatable bonds is 7. The molecule has 3 heteroatoms. The summed E-state index contributed by atoms with van der Waals surface area (Å²) in [4.78, 5) is 2.51. The van der Waals surface area contributed by atoms with Crippen LogP contribution in [0, 0.1) is 5.92 Å². The summed E-state index contributed by atoms with van der Waals surface area (Å²) in [5.41, 5.74) is 2.70. The van der Waals surface area contributed by atoms with Gasteiger partial charge >= 0.3 is 0 Å². The third kappa shape index (κ3) is 4.22. The first-order valence-electron chi connectivity index (χ1n) is 7.37. The summed E-state index contributed by atoms with van der Waals surface area (Å²) in [5, 5.41) is 3.49. The first-order chi connectivity index (χ1) is 9.11. The van der Waals surface area contributed by atoms with Crippen LogP contribution in [0.15, 0.2) is 22.7 Å². The van der Waals surface area contributed by atoms with Crippen LogP contribution >= 0.6 is 15.9 Å². The highest BCUT2D eigenvalue weighted by atomic mass is 79.9. The highest BCUT2D eigenvalue weighted by molar-refractivity contribution is 9.10. The van der Waals surface area contributed by atoms with Gasteiger partial charge in [-0.3, -0.25) is 0 Å². The van der Waals surface area contributed by atoms with Gasteiger partial charge in [0, 0.05) is 23.6 Å². The van der Waals surface area contributed by atoms with Crippen molar-refractivity contribution in [3.05, 3.63) is 28.2 Å². The topological polar surface area (TPSA) is 15.3 Å². The molecule has 1 fully saturated rings. The third-order valence-corrected chi connectivity index (χ3v) is 4.17. The molecule has 2 nitrogen and oxygen atoms in total. The molecule has 0 aromatic heterocycles. The second-order valence-corrected chi connectivity index (χ2v) is 6.68. The van der Waals surface area contributed by atoms with Crippen LogP contribution in [-0.2, 0) is 6.54 Å². The molecule has 1 aliphatic rings. The summed E-state index contributed by atoms with van der Waals surface area (Å²) in [6, 6.07) is 7.54. The van der Waals surface area contributed by atoms with Crippen molar-refractivity contribution in [3.63, 3.8) is 0 Å². The Morgan fingerprint density at radius 3 is 2.63 bits per heavy atom. The molecule has 0 aliphatic heterocycles. The molecule has 1 N–H and O–H groups in total. The van der Waals surface area contributed by atoms with Crippen molar-refractivity contribution in [1.29, 1.82) is 0 Å². The van der Waals surface area contributed by atoms with Gasteiger partial charge in [-0.25, -0.2) is 0 Å². The molecule has 2 rings (SSSR count). The maximum Gasteiger partial charge on any atom is 0.0513 e. The molecule has 1 aromatic carbocycles. The first kappa shape index (κ1) is 14.9. The summed E-state index contributed by atoms with van der Waals surface area (Å²) >= 11 is 3.74. The van der Waals surface area contributed by atoms with Gasteiger partial charge in [0.1, 0.15) is 0 Å². The molecule has 0 atom stereocenters. The van der Waals surface area contributed by atoms with Gasteiger partial charge in [0.2, 0.25) is 0 Å². The lowest BCUT2D eigenvalue weighted by Gasteiger charge is -2.24. The van der Waals surface area contributed by atoms with E-state index in [0.717, 1.165) is 25.7 Å². The maximum absolute atomic E-state index is 3.74. The van der Waals surface area contributed by atoms with Crippen LogP contribution < -0.4 is 10.2 Å². The molecule has 0 amide bonds. The van der Waals surface area contributed by atoms with Crippen molar-refractivity contribution >= 4 is 21.6 Å². The van der Waals surface area contributed by atoms with Gasteiger partial charge < -0.3 is 10.2 Å². The highest BCUT2D eigenvalue weighted by Crippen LogP contribution is 2.35. The minimum atomic E-state index is 0.702. The predicted molar refractivity (Wildman–Crippen MR) is 86.7 cm³/mol. The van der Waals surface area contributed by atoms with E-state index in [0.29, 0.717) is 5.92 Å². The molecule has 0 bridgehead atoms. The summed E-state index contributed by atoms with van der Waals surface area (Å²) in [6.07, 6.45) is 2.69. The number of halogens is 1. The number of benzene rings is 1. The lowest BCUT2D eigenvalue weighted by molar-refractivity contribution is 0.552. The fraction of sp³-hybridized carbons (Fsp3) is 0.625. The van der Waals surface area contributed by atoms with Crippen molar-refractivity contribution in [1.82, 2.24) is 5.32 Å². The monoisotopic (exact) mass is 324 g/mol. The summed E-state index contributed by atoms with van der Waals surface area (Å²) in [7, 11) is 0. The van der Waals surface area contributed by atoms with Crippen molar-refractivity contribution in [3.8, 4) is 0 Å². The maximum atomic E-state index is 3.74. The molecule has 1 saturated carbocycles. The largest absolute Gasteiger partial charge is 0.368 e. The van der Waals surface area contributed by atoms with Crippen LogP contribution in [0.25, 0.3) is 0 Å². The average Bonchev–Trinajstić information content (AvgIpc) is 3.17. The van der Waals surface area contributed by atoms with Crippen LogP contribution in [-0.4, -0.2) is 19.1 Å². The van der Waals surface area contributed by atoms with E-state index in [1.54, 1.807) is 0 Å². The van der Waals surface area contributed by atoms with E-state index < -0.39 is 0 Å².